The maximum absolute atomic E-state index is 11.4. The zero-order chi connectivity index (χ0) is 12.0. The number of carbonyl (C=O) groups excluding carboxylic acids is 1. The second-order valence-electron chi connectivity index (χ2n) is 4.72. The van der Waals surface area contributed by atoms with Crippen LogP contribution in [0.15, 0.2) is 0 Å². The summed E-state index contributed by atoms with van der Waals surface area (Å²) in [5.41, 5.74) is 6.00. The van der Waals surface area contributed by atoms with Gasteiger partial charge in [0.05, 0.1) is 6.54 Å². The van der Waals surface area contributed by atoms with Gasteiger partial charge in [0.25, 0.3) is 0 Å². The van der Waals surface area contributed by atoms with Crippen molar-refractivity contribution in [2.75, 3.05) is 20.1 Å². The van der Waals surface area contributed by atoms with Crippen molar-refractivity contribution >= 4 is 5.91 Å². The topological polar surface area (TPSA) is 58.4 Å². The van der Waals surface area contributed by atoms with Gasteiger partial charge in [-0.25, -0.2) is 0 Å². The third-order valence-corrected chi connectivity index (χ3v) is 3.34. The molecule has 0 bridgehead atoms. The molecule has 0 aromatic heterocycles. The molecule has 1 fully saturated rings. The Morgan fingerprint density at radius 3 is 2.81 bits per heavy atom. The van der Waals surface area contributed by atoms with Crippen LogP contribution in [-0.4, -0.2) is 43.0 Å². The smallest absolute Gasteiger partial charge is 0.233 e. The van der Waals surface area contributed by atoms with Crippen molar-refractivity contribution in [3.63, 3.8) is 0 Å². The van der Waals surface area contributed by atoms with Crippen LogP contribution in [0.2, 0.25) is 0 Å². The summed E-state index contributed by atoms with van der Waals surface area (Å²) in [6.45, 7) is 3.66. The molecule has 3 N–H and O–H groups in total. The molecule has 16 heavy (non-hydrogen) atoms. The van der Waals surface area contributed by atoms with Crippen molar-refractivity contribution in [3.8, 4) is 0 Å². The molecule has 0 saturated heterocycles. The number of hydrogen-bond donors (Lipinski definition) is 2. The molecule has 0 aromatic carbocycles. The molecular weight excluding hydrogens is 202 g/mol. The number of nitrogens with zero attached hydrogens (tertiary/aromatic N) is 1. The van der Waals surface area contributed by atoms with Gasteiger partial charge >= 0.3 is 0 Å². The lowest BCUT2D eigenvalue weighted by molar-refractivity contribution is -0.122. The molecule has 1 amide bonds. The lowest BCUT2D eigenvalue weighted by Crippen LogP contribution is -2.46. The molecule has 2 atom stereocenters. The summed E-state index contributed by atoms with van der Waals surface area (Å²) in [6.07, 6.45) is 5.64. The molecule has 1 aliphatic carbocycles. The molecule has 2 unspecified atom stereocenters. The van der Waals surface area contributed by atoms with Crippen molar-refractivity contribution in [2.24, 2.45) is 5.73 Å². The van der Waals surface area contributed by atoms with Crippen LogP contribution in [0.3, 0.4) is 0 Å². The molecule has 1 rings (SSSR count). The van der Waals surface area contributed by atoms with Crippen LogP contribution in [0.5, 0.6) is 0 Å². The standard InChI is InChI=1S/C12H25N3O/c1-3-7-15(9-12(16)14-2)11-6-4-5-10(13)8-11/h10-11H,3-9,13H2,1-2H3,(H,14,16). The first kappa shape index (κ1) is 13.5. The molecule has 4 heteroatoms. The third-order valence-electron chi connectivity index (χ3n) is 3.34. The fourth-order valence-corrected chi connectivity index (χ4v) is 2.47. The van der Waals surface area contributed by atoms with Gasteiger partial charge in [-0.05, 0) is 32.2 Å². The number of likely N-dealkylation sites (N-methyl/N-ethyl adjacent to an activating group) is 1. The van der Waals surface area contributed by atoms with E-state index in [0.29, 0.717) is 18.6 Å². The SMILES string of the molecule is CCCN(CC(=O)NC)C1CCCC(N)C1. The van der Waals surface area contributed by atoms with Gasteiger partial charge in [0, 0.05) is 19.1 Å². The molecular formula is C12H25N3O. The second kappa shape index (κ2) is 6.86. The lowest BCUT2D eigenvalue weighted by Gasteiger charge is -2.35. The van der Waals surface area contributed by atoms with E-state index in [2.05, 4.69) is 17.1 Å². The summed E-state index contributed by atoms with van der Waals surface area (Å²) in [5, 5.41) is 2.69. The Labute approximate surface area is 98.6 Å². The van der Waals surface area contributed by atoms with E-state index < -0.39 is 0 Å². The van der Waals surface area contributed by atoms with E-state index in [-0.39, 0.29) is 5.91 Å². The summed E-state index contributed by atoms with van der Waals surface area (Å²) >= 11 is 0. The monoisotopic (exact) mass is 227 g/mol. The Hall–Kier alpha value is -0.610. The van der Waals surface area contributed by atoms with Gasteiger partial charge in [-0.3, -0.25) is 9.69 Å². The van der Waals surface area contributed by atoms with Crippen LogP contribution in [0.25, 0.3) is 0 Å². The van der Waals surface area contributed by atoms with Crippen LogP contribution in [0.4, 0.5) is 0 Å². The van der Waals surface area contributed by atoms with Crippen molar-refractivity contribution in [1.82, 2.24) is 10.2 Å². The molecule has 0 heterocycles. The van der Waals surface area contributed by atoms with E-state index in [9.17, 15) is 4.79 Å². The molecule has 0 aromatic rings. The number of hydrogen-bond acceptors (Lipinski definition) is 3. The van der Waals surface area contributed by atoms with Crippen LogP contribution in [0, 0.1) is 0 Å². The quantitative estimate of drug-likeness (QED) is 0.727. The number of nitrogens with two attached hydrogens (primary N) is 1. The van der Waals surface area contributed by atoms with Crippen molar-refractivity contribution in [3.05, 3.63) is 0 Å². The Morgan fingerprint density at radius 2 is 2.25 bits per heavy atom. The highest BCUT2D eigenvalue weighted by Crippen LogP contribution is 2.22. The van der Waals surface area contributed by atoms with Crippen LogP contribution < -0.4 is 11.1 Å². The Morgan fingerprint density at radius 1 is 1.50 bits per heavy atom. The number of rotatable bonds is 5. The molecule has 0 radical (unpaired) electrons. The van der Waals surface area contributed by atoms with Gasteiger partial charge < -0.3 is 11.1 Å². The Kier molecular flexibility index (Phi) is 5.77. The average Bonchev–Trinajstić information content (AvgIpc) is 2.28. The summed E-state index contributed by atoms with van der Waals surface area (Å²) < 4.78 is 0. The first-order chi connectivity index (χ1) is 7.67. The minimum absolute atomic E-state index is 0.104. The Bertz CT molecular complexity index is 220. The zero-order valence-electron chi connectivity index (χ0n) is 10.5. The highest BCUT2D eigenvalue weighted by molar-refractivity contribution is 5.77. The fraction of sp³-hybridized carbons (Fsp3) is 0.917. The van der Waals surface area contributed by atoms with E-state index in [1.807, 2.05) is 0 Å². The van der Waals surface area contributed by atoms with Gasteiger partial charge in [-0.2, -0.15) is 0 Å². The first-order valence-electron chi connectivity index (χ1n) is 6.37. The lowest BCUT2D eigenvalue weighted by atomic mass is 9.90. The minimum atomic E-state index is 0.104. The maximum Gasteiger partial charge on any atom is 0.233 e. The Balaban J connectivity index is 2.50. The highest BCUT2D eigenvalue weighted by Gasteiger charge is 2.25. The molecule has 0 spiro atoms. The van der Waals surface area contributed by atoms with Gasteiger partial charge in [0.1, 0.15) is 0 Å². The van der Waals surface area contributed by atoms with Gasteiger partial charge in [-0.1, -0.05) is 13.3 Å². The van der Waals surface area contributed by atoms with Crippen LogP contribution >= 0.6 is 0 Å². The van der Waals surface area contributed by atoms with E-state index in [0.717, 1.165) is 25.8 Å². The fourth-order valence-electron chi connectivity index (χ4n) is 2.47. The summed E-state index contributed by atoms with van der Waals surface area (Å²) in [5.74, 6) is 0.104. The number of amides is 1. The van der Waals surface area contributed by atoms with Gasteiger partial charge in [0.15, 0.2) is 0 Å². The van der Waals surface area contributed by atoms with E-state index in [4.69, 9.17) is 5.73 Å². The van der Waals surface area contributed by atoms with E-state index in [1.54, 1.807) is 7.05 Å². The molecule has 1 aliphatic rings. The normalized spacial score (nSPS) is 25.8. The average molecular weight is 227 g/mol. The van der Waals surface area contributed by atoms with E-state index >= 15 is 0 Å². The maximum atomic E-state index is 11.4. The van der Waals surface area contributed by atoms with Gasteiger partial charge in [-0.15, -0.1) is 0 Å². The van der Waals surface area contributed by atoms with Crippen molar-refractivity contribution in [1.29, 1.82) is 0 Å². The second-order valence-corrected chi connectivity index (χ2v) is 4.72. The first-order valence-corrected chi connectivity index (χ1v) is 6.37. The predicted molar refractivity (Wildman–Crippen MR) is 66.2 cm³/mol. The molecule has 1 saturated carbocycles. The van der Waals surface area contributed by atoms with Crippen molar-refractivity contribution in [2.45, 2.75) is 51.1 Å². The van der Waals surface area contributed by atoms with Crippen molar-refractivity contribution < 1.29 is 4.79 Å². The predicted octanol–water partition coefficient (Wildman–Crippen LogP) is 0.714. The largest absolute Gasteiger partial charge is 0.358 e. The molecule has 94 valence electrons. The third kappa shape index (κ3) is 4.10. The van der Waals surface area contributed by atoms with E-state index in [1.165, 1.54) is 12.8 Å². The highest BCUT2D eigenvalue weighted by atomic mass is 16.1. The van der Waals surface area contributed by atoms with Crippen LogP contribution in [-0.2, 0) is 4.79 Å². The number of nitrogens with one attached hydrogen (secondary N) is 1. The molecule has 0 aliphatic heterocycles. The summed E-state index contributed by atoms with van der Waals surface area (Å²) in [4.78, 5) is 13.7. The minimum Gasteiger partial charge on any atom is -0.358 e. The van der Waals surface area contributed by atoms with Gasteiger partial charge in [0.2, 0.25) is 5.91 Å². The van der Waals surface area contributed by atoms with Crippen LogP contribution in [0.1, 0.15) is 39.0 Å². The summed E-state index contributed by atoms with van der Waals surface area (Å²) in [6, 6.07) is 0.823. The number of carbonyl (C=O) groups is 1. The molecule has 4 nitrogen and oxygen atoms in total. The summed E-state index contributed by atoms with van der Waals surface area (Å²) in [7, 11) is 1.69. The zero-order valence-corrected chi connectivity index (χ0v) is 10.5.